The van der Waals surface area contributed by atoms with Gasteiger partial charge in [-0.25, -0.2) is 4.79 Å². The number of rotatable bonds is 18. The number of esters is 1. The standard InChI is InChI=1S/C29H41Cl2NO2/c1-2-3-4-5-6-7-8-9-10-11-12-13-14-15-23-32-25-21-19-24(20-22-25)29(33)34-28-26(30)17-16-18-27(28)31/h16-22,32H,2-15,23H2,1H3. The molecule has 2 rings (SSSR count). The lowest BCUT2D eigenvalue weighted by atomic mass is 10.0. The zero-order chi connectivity index (χ0) is 24.4. The first-order valence-corrected chi connectivity index (χ1v) is 13.9. The van der Waals surface area contributed by atoms with Gasteiger partial charge in [0.15, 0.2) is 5.75 Å². The third-order valence-corrected chi connectivity index (χ3v) is 6.69. The van der Waals surface area contributed by atoms with Gasteiger partial charge in [-0.3, -0.25) is 0 Å². The van der Waals surface area contributed by atoms with E-state index in [1.165, 1.54) is 83.5 Å². The molecule has 2 aromatic carbocycles. The van der Waals surface area contributed by atoms with Crippen molar-refractivity contribution in [3.8, 4) is 5.75 Å². The molecular formula is C29H41Cl2NO2. The molecule has 0 saturated heterocycles. The van der Waals surface area contributed by atoms with Crippen LogP contribution in [0.1, 0.15) is 107 Å². The zero-order valence-electron chi connectivity index (χ0n) is 20.7. The number of ether oxygens (including phenoxy) is 1. The van der Waals surface area contributed by atoms with E-state index in [9.17, 15) is 4.79 Å². The van der Waals surface area contributed by atoms with Crippen molar-refractivity contribution in [1.82, 2.24) is 0 Å². The SMILES string of the molecule is CCCCCCCCCCCCCCCCNc1ccc(C(=O)Oc2c(Cl)cccc2Cl)cc1. The van der Waals surface area contributed by atoms with Gasteiger partial charge >= 0.3 is 5.97 Å². The first-order valence-electron chi connectivity index (χ1n) is 13.1. The van der Waals surface area contributed by atoms with Crippen LogP contribution in [0, 0.1) is 0 Å². The predicted molar refractivity (Wildman–Crippen MR) is 147 cm³/mol. The van der Waals surface area contributed by atoms with E-state index >= 15 is 0 Å². The number of halogens is 2. The minimum atomic E-state index is -0.478. The summed E-state index contributed by atoms with van der Waals surface area (Å²) in [4.78, 5) is 12.4. The number of hydrogen-bond acceptors (Lipinski definition) is 3. The van der Waals surface area contributed by atoms with Crippen LogP contribution < -0.4 is 10.1 Å². The highest BCUT2D eigenvalue weighted by atomic mass is 35.5. The summed E-state index contributed by atoms with van der Waals surface area (Å²) >= 11 is 12.1. The van der Waals surface area contributed by atoms with E-state index in [1.54, 1.807) is 30.3 Å². The molecule has 0 amide bonds. The molecule has 0 aliphatic carbocycles. The number of unbranched alkanes of at least 4 members (excludes halogenated alkanes) is 13. The monoisotopic (exact) mass is 505 g/mol. The first-order chi connectivity index (χ1) is 16.6. The third-order valence-electron chi connectivity index (χ3n) is 6.09. The topological polar surface area (TPSA) is 38.3 Å². The molecule has 0 saturated carbocycles. The number of hydrogen-bond donors (Lipinski definition) is 1. The Morgan fingerprint density at radius 1 is 0.706 bits per heavy atom. The van der Waals surface area contributed by atoms with Crippen LogP contribution in [0.2, 0.25) is 10.0 Å². The molecule has 0 aromatic heterocycles. The van der Waals surface area contributed by atoms with Crippen molar-refractivity contribution in [3.63, 3.8) is 0 Å². The van der Waals surface area contributed by atoms with E-state index in [4.69, 9.17) is 27.9 Å². The Balaban J connectivity index is 1.49. The molecule has 0 aliphatic heterocycles. The van der Waals surface area contributed by atoms with Gasteiger partial charge in [0.25, 0.3) is 0 Å². The minimum Gasteiger partial charge on any atom is -0.420 e. The molecule has 0 fully saturated rings. The molecule has 1 N–H and O–H groups in total. The summed E-state index contributed by atoms with van der Waals surface area (Å²) in [5.74, 6) is -0.288. The van der Waals surface area contributed by atoms with Crippen LogP contribution in [0.3, 0.4) is 0 Å². The number of para-hydroxylation sites is 1. The summed E-state index contributed by atoms with van der Waals surface area (Å²) in [5, 5.41) is 4.05. The molecule has 2 aromatic rings. The van der Waals surface area contributed by atoms with Gasteiger partial charge < -0.3 is 10.1 Å². The molecule has 0 unspecified atom stereocenters. The summed E-state index contributed by atoms with van der Waals surface area (Å²) in [5.41, 5.74) is 1.46. The van der Waals surface area contributed by atoms with Crippen LogP contribution in [-0.2, 0) is 0 Å². The normalized spacial score (nSPS) is 10.9. The van der Waals surface area contributed by atoms with Crippen LogP contribution in [0.5, 0.6) is 5.75 Å². The average molecular weight is 507 g/mol. The second-order valence-corrected chi connectivity index (χ2v) is 9.86. The van der Waals surface area contributed by atoms with E-state index in [0.29, 0.717) is 15.6 Å². The Morgan fingerprint density at radius 2 is 1.18 bits per heavy atom. The second-order valence-electron chi connectivity index (χ2n) is 9.04. The van der Waals surface area contributed by atoms with Crippen molar-refractivity contribution in [2.45, 2.75) is 96.8 Å². The summed E-state index contributed by atoms with van der Waals surface area (Å²) in [6, 6.07) is 12.3. The van der Waals surface area contributed by atoms with Gasteiger partial charge in [-0.05, 0) is 42.8 Å². The molecule has 0 aliphatic rings. The predicted octanol–water partition coefficient (Wildman–Crippen LogP) is 10.1. The highest BCUT2D eigenvalue weighted by Gasteiger charge is 2.14. The number of benzene rings is 2. The molecule has 188 valence electrons. The smallest absolute Gasteiger partial charge is 0.343 e. The van der Waals surface area contributed by atoms with Crippen molar-refractivity contribution in [2.75, 3.05) is 11.9 Å². The number of anilines is 1. The van der Waals surface area contributed by atoms with Crippen molar-refractivity contribution >= 4 is 34.9 Å². The van der Waals surface area contributed by atoms with Crippen LogP contribution in [-0.4, -0.2) is 12.5 Å². The quantitative estimate of drug-likeness (QED) is 0.124. The molecule has 0 radical (unpaired) electrons. The summed E-state index contributed by atoms with van der Waals surface area (Å²) in [6.45, 7) is 3.22. The van der Waals surface area contributed by atoms with E-state index in [1.807, 2.05) is 12.1 Å². The lowest BCUT2D eigenvalue weighted by molar-refractivity contribution is 0.0735. The second kappa shape index (κ2) is 17.7. The van der Waals surface area contributed by atoms with Crippen molar-refractivity contribution < 1.29 is 9.53 Å². The Morgan fingerprint density at radius 3 is 1.68 bits per heavy atom. The average Bonchev–Trinajstić information content (AvgIpc) is 2.84. The Labute approximate surface area is 216 Å². The van der Waals surface area contributed by atoms with Gasteiger partial charge in [-0.2, -0.15) is 0 Å². The Kier molecular flexibility index (Phi) is 14.8. The fourth-order valence-electron chi connectivity index (χ4n) is 4.01. The molecule has 0 atom stereocenters. The van der Waals surface area contributed by atoms with E-state index in [-0.39, 0.29) is 5.75 Å². The van der Waals surface area contributed by atoms with Crippen molar-refractivity contribution in [2.24, 2.45) is 0 Å². The summed E-state index contributed by atoms with van der Waals surface area (Å²) in [7, 11) is 0. The van der Waals surface area contributed by atoms with Crippen molar-refractivity contribution in [3.05, 3.63) is 58.1 Å². The number of carbonyl (C=O) groups excluding carboxylic acids is 1. The van der Waals surface area contributed by atoms with E-state index < -0.39 is 5.97 Å². The van der Waals surface area contributed by atoms with E-state index in [2.05, 4.69) is 12.2 Å². The maximum Gasteiger partial charge on any atom is 0.343 e. The van der Waals surface area contributed by atoms with Gasteiger partial charge in [0.05, 0.1) is 15.6 Å². The zero-order valence-corrected chi connectivity index (χ0v) is 22.2. The minimum absolute atomic E-state index is 0.191. The van der Waals surface area contributed by atoms with Gasteiger partial charge in [-0.15, -0.1) is 0 Å². The molecule has 0 heterocycles. The summed E-state index contributed by atoms with van der Waals surface area (Å²) < 4.78 is 5.37. The maximum absolute atomic E-state index is 12.4. The summed E-state index contributed by atoms with van der Waals surface area (Å²) in [6.07, 6.45) is 19.1. The number of carbonyl (C=O) groups is 1. The van der Waals surface area contributed by atoms with Crippen molar-refractivity contribution in [1.29, 1.82) is 0 Å². The van der Waals surface area contributed by atoms with Crippen LogP contribution >= 0.6 is 23.2 Å². The van der Waals surface area contributed by atoms with Crippen LogP contribution in [0.4, 0.5) is 5.69 Å². The lowest BCUT2D eigenvalue weighted by Gasteiger charge is -2.09. The molecule has 0 spiro atoms. The molecule has 34 heavy (non-hydrogen) atoms. The molecular weight excluding hydrogens is 465 g/mol. The number of nitrogens with one attached hydrogen (secondary N) is 1. The van der Waals surface area contributed by atoms with Crippen LogP contribution in [0.15, 0.2) is 42.5 Å². The van der Waals surface area contributed by atoms with Gasteiger partial charge in [-0.1, -0.05) is 120 Å². The fourth-order valence-corrected chi connectivity index (χ4v) is 4.48. The van der Waals surface area contributed by atoms with E-state index in [0.717, 1.165) is 18.7 Å². The Hall–Kier alpha value is -1.71. The highest BCUT2D eigenvalue weighted by molar-refractivity contribution is 6.37. The molecule has 5 heteroatoms. The largest absolute Gasteiger partial charge is 0.420 e. The molecule has 3 nitrogen and oxygen atoms in total. The maximum atomic E-state index is 12.4. The first kappa shape index (κ1) is 28.5. The Bertz CT molecular complexity index is 803. The molecule has 0 bridgehead atoms. The lowest BCUT2D eigenvalue weighted by Crippen LogP contribution is -2.09. The fraction of sp³-hybridized carbons (Fsp3) is 0.552. The van der Waals surface area contributed by atoms with Crippen LogP contribution in [0.25, 0.3) is 0 Å². The third kappa shape index (κ3) is 11.6. The van der Waals surface area contributed by atoms with Gasteiger partial charge in [0.1, 0.15) is 0 Å². The highest BCUT2D eigenvalue weighted by Crippen LogP contribution is 2.33. The van der Waals surface area contributed by atoms with Gasteiger partial charge in [0.2, 0.25) is 0 Å². The van der Waals surface area contributed by atoms with Gasteiger partial charge in [0, 0.05) is 12.2 Å².